The Morgan fingerprint density at radius 1 is 1.07 bits per heavy atom. The molecule has 146 valence electrons. The number of hydrogen-bond donors (Lipinski definition) is 1. The standard InChI is InChI=1S/C21H24F2O3S/c1-21(2,24)16-6-3-14(11-16)13-27(25,26)18-8-4-15(5-9-18)19-10-7-17(22)12-20(19)23/h4-5,7-10,12,14,16,24H,3,6,11,13H2,1-2H3/t14-,16-/m0/s1. The summed E-state index contributed by atoms with van der Waals surface area (Å²) >= 11 is 0. The summed E-state index contributed by atoms with van der Waals surface area (Å²) in [5, 5.41) is 10.1. The Kier molecular flexibility index (Phi) is 5.41. The van der Waals surface area contributed by atoms with E-state index in [1.165, 1.54) is 36.4 Å². The van der Waals surface area contributed by atoms with E-state index in [0.717, 1.165) is 18.9 Å². The summed E-state index contributed by atoms with van der Waals surface area (Å²) in [4.78, 5) is 0.195. The fourth-order valence-corrected chi connectivity index (χ4v) is 5.51. The Bertz CT molecular complexity index is 915. The van der Waals surface area contributed by atoms with Crippen LogP contribution in [0.2, 0.25) is 0 Å². The molecule has 0 amide bonds. The Morgan fingerprint density at radius 2 is 1.74 bits per heavy atom. The monoisotopic (exact) mass is 394 g/mol. The lowest BCUT2D eigenvalue weighted by atomic mass is 9.89. The molecule has 0 heterocycles. The average molecular weight is 394 g/mol. The molecular weight excluding hydrogens is 370 g/mol. The number of rotatable bonds is 5. The van der Waals surface area contributed by atoms with Gasteiger partial charge in [-0.15, -0.1) is 0 Å². The molecule has 0 unspecified atom stereocenters. The molecule has 1 aliphatic carbocycles. The van der Waals surface area contributed by atoms with Crippen molar-refractivity contribution in [3.05, 3.63) is 54.1 Å². The molecular formula is C21H24F2O3S. The third kappa shape index (κ3) is 4.55. The molecule has 1 fully saturated rings. The third-order valence-electron chi connectivity index (χ3n) is 5.45. The van der Waals surface area contributed by atoms with Crippen LogP contribution in [0.1, 0.15) is 33.1 Å². The van der Waals surface area contributed by atoms with Crippen LogP contribution in [-0.2, 0) is 9.84 Å². The molecule has 0 aromatic heterocycles. The van der Waals surface area contributed by atoms with Gasteiger partial charge in [0.25, 0.3) is 0 Å². The number of benzene rings is 2. The van der Waals surface area contributed by atoms with Gasteiger partial charge in [-0.25, -0.2) is 17.2 Å². The molecule has 2 aromatic carbocycles. The van der Waals surface area contributed by atoms with E-state index in [1.54, 1.807) is 13.8 Å². The lowest BCUT2D eigenvalue weighted by molar-refractivity contribution is 0.0186. The second-order valence-corrected chi connectivity index (χ2v) is 9.99. The number of hydrogen-bond acceptors (Lipinski definition) is 3. The molecule has 0 aliphatic heterocycles. The van der Waals surface area contributed by atoms with Gasteiger partial charge in [-0.2, -0.15) is 0 Å². The van der Waals surface area contributed by atoms with Gasteiger partial charge in [0.1, 0.15) is 11.6 Å². The van der Waals surface area contributed by atoms with Crippen LogP contribution in [0.3, 0.4) is 0 Å². The maximum atomic E-state index is 13.9. The fraction of sp³-hybridized carbons (Fsp3) is 0.429. The molecule has 3 rings (SSSR count). The summed E-state index contributed by atoms with van der Waals surface area (Å²) in [5.41, 5.74) is -0.0714. The molecule has 0 radical (unpaired) electrons. The Balaban J connectivity index is 1.74. The van der Waals surface area contributed by atoms with Crippen molar-refractivity contribution >= 4 is 9.84 Å². The SMILES string of the molecule is CC(C)(O)[C@H]1CC[C@H](CS(=O)(=O)c2ccc(-c3ccc(F)cc3F)cc2)C1. The lowest BCUT2D eigenvalue weighted by Crippen LogP contribution is -2.29. The van der Waals surface area contributed by atoms with Crippen LogP contribution in [0.5, 0.6) is 0 Å². The van der Waals surface area contributed by atoms with Crippen LogP contribution >= 0.6 is 0 Å². The Hall–Kier alpha value is -1.79. The molecule has 1 N–H and O–H groups in total. The van der Waals surface area contributed by atoms with Crippen LogP contribution < -0.4 is 0 Å². The molecule has 1 saturated carbocycles. The first kappa shape index (κ1) is 20.0. The van der Waals surface area contributed by atoms with Gasteiger partial charge in [0.05, 0.1) is 16.2 Å². The quantitative estimate of drug-likeness (QED) is 0.807. The first-order valence-electron chi connectivity index (χ1n) is 9.07. The predicted molar refractivity (Wildman–Crippen MR) is 101 cm³/mol. The molecule has 2 aromatic rings. The van der Waals surface area contributed by atoms with Gasteiger partial charge in [0, 0.05) is 11.6 Å². The zero-order chi connectivity index (χ0) is 19.8. The van der Waals surface area contributed by atoms with Crippen LogP contribution in [0.15, 0.2) is 47.4 Å². The van der Waals surface area contributed by atoms with Gasteiger partial charge in [0.15, 0.2) is 9.84 Å². The summed E-state index contributed by atoms with van der Waals surface area (Å²) < 4.78 is 52.4. The van der Waals surface area contributed by atoms with Crippen molar-refractivity contribution in [2.24, 2.45) is 11.8 Å². The minimum absolute atomic E-state index is 0.0284. The van der Waals surface area contributed by atoms with E-state index in [4.69, 9.17) is 0 Å². The zero-order valence-corrected chi connectivity index (χ0v) is 16.3. The highest BCUT2D eigenvalue weighted by atomic mass is 32.2. The fourth-order valence-electron chi connectivity index (χ4n) is 3.84. The van der Waals surface area contributed by atoms with E-state index in [9.17, 15) is 22.3 Å². The average Bonchev–Trinajstić information content (AvgIpc) is 3.03. The highest BCUT2D eigenvalue weighted by Gasteiger charge is 2.36. The minimum Gasteiger partial charge on any atom is -0.390 e. The van der Waals surface area contributed by atoms with Crippen LogP contribution in [-0.4, -0.2) is 24.9 Å². The van der Waals surface area contributed by atoms with Gasteiger partial charge >= 0.3 is 0 Å². The minimum atomic E-state index is -3.46. The van der Waals surface area contributed by atoms with E-state index >= 15 is 0 Å². The van der Waals surface area contributed by atoms with Crippen molar-refractivity contribution in [3.8, 4) is 11.1 Å². The molecule has 0 saturated heterocycles. The van der Waals surface area contributed by atoms with Crippen molar-refractivity contribution in [3.63, 3.8) is 0 Å². The van der Waals surface area contributed by atoms with Gasteiger partial charge in [-0.1, -0.05) is 12.1 Å². The van der Waals surface area contributed by atoms with Gasteiger partial charge in [-0.05, 0) is 74.8 Å². The van der Waals surface area contributed by atoms with E-state index < -0.39 is 27.1 Å². The number of aliphatic hydroxyl groups is 1. The first-order chi connectivity index (χ1) is 12.6. The molecule has 27 heavy (non-hydrogen) atoms. The third-order valence-corrected chi connectivity index (χ3v) is 7.35. The normalized spacial score (nSPS) is 20.8. The summed E-state index contributed by atoms with van der Waals surface area (Å²) in [6, 6.07) is 9.32. The second kappa shape index (κ2) is 7.32. The van der Waals surface area contributed by atoms with E-state index in [2.05, 4.69) is 0 Å². The molecule has 1 aliphatic rings. The van der Waals surface area contributed by atoms with Crippen molar-refractivity contribution in [1.29, 1.82) is 0 Å². The number of sulfone groups is 1. The van der Waals surface area contributed by atoms with Crippen LogP contribution in [0, 0.1) is 23.5 Å². The van der Waals surface area contributed by atoms with Crippen molar-refractivity contribution in [1.82, 2.24) is 0 Å². The van der Waals surface area contributed by atoms with E-state index in [1.807, 2.05) is 0 Å². The maximum absolute atomic E-state index is 13.9. The molecule has 0 bridgehead atoms. The van der Waals surface area contributed by atoms with Gasteiger partial charge in [-0.3, -0.25) is 0 Å². The largest absolute Gasteiger partial charge is 0.390 e. The van der Waals surface area contributed by atoms with Gasteiger partial charge < -0.3 is 5.11 Å². The van der Waals surface area contributed by atoms with Crippen LogP contribution in [0.25, 0.3) is 11.1 Å². The molecule has 3 nitrogen and oxygen atoms in total. The molecule has 6 heteroatoms. The Labute approximate surface area is 159 Å². The van der Waals surface area contributed by atoms with Crippen LogP contribution in [0.4, 0.5) is 8.78 Å². The van der Waals surface area contributed by atoms with Crippen molar-refractivity contribution in [2.45, 2.75) is 43.6 Å². The smallest absolute Gasteiger partial charge is 0.178 e. The van der Waals surface area contributed by atoms with E-state index in [0.29, 0.717) is 12.0 Å². The summed E-state index contributed by atoms with van der Waals surface area (Å²) in [7, 11) is -3.46. The molecule has 2 atom stereocenters. The summed E-state index contributed by atoms with van der Waals surface area (Å²) in [6.07, 6.45) is 2.31. The second-order valence-electron chi connectivity index (χ2n) is 7.96. The first-order valence-corrected chi connectivity index (χ1v) is 10.7. The van der Waals surface area contributed by atoms with Gasteiger partial charge in [0.2, 0.25) is 0 Å². The Morgan fingerprint density at radius 3 is 2.30 bits per heavy atom. The number of halogens is 2. The predicted octanol–water partition coefficient (Wildman–Crippen LogP) is 4.59. The lowest BCUT2D eigenvalue weighted by Gasteiger charge is -2.25. The topological polar surface area (TPSA) is 54.4 Å². The summed E-state index contributed by atoms with van der Waals surface area (Å²) in [5.74, 6) is -1.16. The highest BCUT2D eigenvalue weighted by molar-refractivity contribution is 7.91. The van der Waals surface area contributed by atoms with E-state index in [-0.39, 0.29) is 28.0 Å². The highest BCUT2D eigenvalue weighted by Crippen LogP contribution is 2.39. The van der Waals surface area contributed by atoms with Crippen molar-refractivity contribution in [2.75, 3.05) is 5.75 Å². The summed E-state index contributed by atoms with van der Waals surface area (Å²) in [6.45, 7) is 3.53. The zero-order valence-electron chi connectivity index (χ0n) is 15.5. The maximum Gasteiger partial charge on any atom is 0.178 e. The molecule has 0 spiro atoms. The van der Waals surface area contributed by atoms with Crippen molar-refractivity contribution < 1.29 is 22.3 Å².